The molecule has 0 bridgehead atoms. The predicted octanol–water partition coefficient (Wildman–Crippen LogP) is 3.64. The summed E-state index contributed by atoms with van der Waals surface area (Å²) in [6.45, 7) is 0. The minimum Gasteiger partial charge on any atom is -0.465 e. The fraction of sp³-hybridized carbons (Fsp3) is 0.250. The van der Waals surface area contributed by atoms with Crippen LogP contribution in [0.15, 0.2) is 30.3 Å². The van der Waals surface area contributed by atoms with E-state index in [0.29, 0.717) is 10.4 Å². The molecule has 0 N–H and O–H groups in total. The van der Waals surface area contributed by atoms with E-state index in [1.54, 1.807) is 12.1 Å². The summed E-state index contributed by atoms with van der Waals surface area (Å²) in [5.74, 6) is -0.311. The molecule has 16 heavy (non-hydrogen) atoms. The quantitative estimate of drug-likeness (QED) is 0.614. The van der Waals surface area contributed by atoms with Crippen molar-refractivity contribution in [3.63, 3.8) is 0 Å². The van der Waals surface area contributed by atoms with Crippen molar-refractivity contribution in [1.29, 1.82) is 0 Å². The van der Waals surface area contributed by atoms with E-state index >= 15 is 0 Å². The zero-order chi connectivity index (χ0) is 12.0. The number of benzene rings is 1. The second kappa shape index (κ2) is 6.86. The maximum absolute atomic E-state index is 11.2. The Kier molecular flexibility index (Phi) is 5.77. The van der Waals surface area contributed by atoms with E-state index < -0.39 is 0 Å². The van der Waals surface area contributed by atoms with Gasteiger partial charge < -0.3 is 4.74 Å². The molecule has 0 heterocycles. The van der Waals surface area contributed by atoms with Crippen molar-refractivity contribution >= 4 is 43.9 Å². The SMILES string of the molecule is COC(=O)c1ccc(/C=C/C(Br)CBr)cc1. The Morgan fingerprint density at radius 3 is 2.56 bits per heavy atom. The molecule has 0 aliphatic heterocycles. The Bertz CT molecular complexity index is 371. The monoisotopic (exact) mass is 346 g/mol. The largest absolute Gasteiger partial charge is 0.465 e. The van der Waals surface area contributed by atoms with Crippen molar-refractivity contribution in [2.75, 3.05) is 12.4 Å². The van der Waals surface area contributed by atoms with E-state index in [2.05, 4.69) is 36.6 Å². The number of esters is 1. The molecule has 0 aromatic heterocycles. The van der Waals surface area contributed by atoms with Crippen LogP contribution in [0.3, 0.4) is 0 Å². The van der Waals surface area contributed by atoms with Crippen LogP contribution in [-0.4, -0.2) is 23.2 Å². The van der Waals surface area contributed by atoms with Gasteiger partial charge in [0.05, 0.1) is 12.7 Å². The summed E-state index contributed by atoms with van der Waals surface area (Å²) in [4.78, 5) is 11.5. The summed E-state index contributed by atoms with van der Waals surface area (Å²) in [5.41, 5.74) is 1.62. The lowest BCUT2D eigenvalue weighted by molar-refractivity contribution is 0.0601. The van der Waals surface area contributed by atoms with Gasteiger partial charge in [-0.15, -0.1) is 0 Å². The number of carbonyl (C=O) groups is 1. The number of carbonyl (C=O) groups excluding carboxylic acids is 1. The molecular weight excluding hydrogens is 336 g/mol. The molecule has 1 atom stereocenters. The van der Waals surface area contributed by atoms with Crippen LogP contribution in [0.1, 0.15) is 15.9 Å². The number of allylic oxidation sites excluding steroid dienone is 1. The number of hydrogen-bond donors (Lipinski definition) is 0. The smallest absolute Gasteiger partial charge is 0.337 e. The molecular formula is C12H12Br2O2. The van der Waals surface area contributed by atoms with Gasteiger partial charge in [0.2, 0.25) is 0 Å². The van der Waals surface area contributed by atoms with Gasteiger partial charge in [-0.25, -0.2) is 4.79 Å². The Balaban J connectivity index is 2.72. The summed E-state index contributed by atoms with van der Waals surface area (Å²) >= 11 is 6.84. The lowest BCUT2D eigenvalue weighted by Gasteiger charge is -2.00. The molecule has 0 saturated heterocycles. The van der Waals surface area contributed by atoms with Crippen LogP contribution in [0.25, 0.3) is 6.08 Å². The second-order valence-electron chi connectivity index (χ2n) is 3.14. The number of hydrogen-bond acceptors (Lipinski definition) is 2. The summed E-state index contributed by atoms with van der Waals surface area (Å²) in [5, 5.41) is 0.865. The molecule has 1 aromatic rings. The van der Waals surface area contributed by atoms with E-state index in [9.17, 15) is 4.79 Å². The second-order valence-corrected chi connectivity index (χ2v) is 4.97. The molecule has 0 fully saturated rings. The first kappa shape index (κ1) is 13.5. The van der Waals surface area contributed by atoms with Gasteiger partial charge in [-0.1, -0.05) is 56.1 Å². The molecule has 1 rings (SSSR count). The van der Waals surface area contributed by atoms with Crippen LogP contribution in [0, 0.1) is 0 Å². The molecule has 1 unspecified atom stereocenters. The molecule has 1 aromatic carbocycles. The fourth-order valence-electron chi connectivity index (χ4n) is 1.12. The van der Waals surface area contributed by atoms with Crippen molar-refractivity contribution in [3.8, 4) is 0 Å². The molecule has 0 saturated carbocycles. The van der Waals surface area contributed by atoms with Crippen molar-refractivity contribution in [2.24, 2.45) is 0 Å². The third-order valence-electron chi connectivity index (χ3n) is 1.98. The van der Waals surface area contributed by atoms with E-state index in [-0.39, 0.29) is 5.97 Å². The van der Waals surface area contributed by atoms with Gasteiger partial charge in [-0.05, 0) is 17.7 Å². The van der Waals surface area contributed by atoms with Gasteiger partial charge in [-0.2, -0.15) is 0 Å². The minimum absolute atomic E-state index is 0.311. The summed E-state index contributed by atoms with van der Waals surface area (Å²) in [7, 11) is 1.38. The zero-order valence-electron chi connectivity index (χ0n) is 8.82. The maximum atomic E-state index is 11.2. The van der Waals surface area contributed by atoms with Crippen LogP contribution in [-0.2, 0) is 4.74 Å². The Hall–Kier alpha value is -0.610. The van der Waals surface area contributed by atoms with Crippen LogP contribution in [0.5, 0.6) is 0 Å². The zero-order valence-corrected chi connectivity index (χ0v) is 12.0. The first-order valence-corrected chi connectivity index (χ1v) is 6.77. The van der Waals surface area contributed by atoms with Gasteiger partial charge in [-0.3, -0.25) is 0 Å². The average molecular weight is 348 g/mol. The number of rotatable bonds is 4. The van der Waals surface area contributed by atoms with Crippen molar-refractivity contribution < 1.29 is 9.53 Å². The van der Waals surface area contributed by atoms with Crippen molar-refractivity contribution in [2.45, 2.75) is 4.83 Å². The summed E-state index contributed by atoms with van der Waals surface area (Å²) < 4.78 is 4.62. The highest BCUT2D eigenvalue weighted by Gasteiger charge is 2.03. The number of ether oxygens (including phenoxy) is 1. The highest BCUT2D eigenvalue weighted by Crippen LogP contribution is 2.11. The molecule has 0 aliphatic carbocycles. The van der Waals surface area contributed by atoms with Crippen molar-refractivity contribution in [1.82, 2.24) is 0 Å². The van der Waals surface area contributed by atoms with Crippen LogP contribution in [0.4, 0.5) is 0 Å². The molecule has 0 spiro atoms. The molecule has 4 heteroatoms. The molecule has 0 aliphatic rings. The van der Waals surface area contributed by atoms with Crippen LogP contribution >= 0.6 is 31.9 Å². The van der Waals surface area contributed by atoms with E-state index in [4.69, 9.17) is 0 Å². The lowest BCUT2D eigenvalue weighted by Crippen LogP contribution is -2.00. The van der Waals surface area contributed by atoms with Gasteiger partial charge in [0.25, 0.3) is 0 Å². The third-order valence-corrected chi connectivity index (χ3v) is 4.17. The molecule has 86 valence electrons. The molecule has 0 amide bonds. The fourth-order valence-corrected chi connectivity index (χ4v) is 1.48. The number of halogens is 2. The first-order valence-electron chi connectivity index (χ1n) is 4.74. The van der Waals surface area contributed by atoms with Gasteiger partial charge in [0.15, 0.2) is 0 Å². The first-order chi connectivity index (χ1) is 7.67. The highest BCUT2D eigenvalue weighted by atomic mass is 79.9. The minimum atomic E-state index is -0.311. The molecule has 2 nitrogen and oxygen atoms in total. The number of alkyl halides is 2. The van der Waals surface area contributed by atoms with Gasteiger partial charge >= 0.3 is 5.97 Å². The van der Waals surface area contributed by atoms with Crippen LogP contribution in [0.2, 0.25) is 0 Å². The van der Waals surface area contributed by atoms with Crippen molar-refractivity contribution in [3.05, 3.63) is 41.5 Å². The lowest BCUT2D eigenvalue weighted by atomic mass is 10.1. The molecule has 0 radical (unpaired) electrons. The standard InChI is InChI=1S/C12H12Br2O2/c1-16-12(15)10-5-2-9(3-6-10)4-7-11(14)8-13/h2-7,11H,8H2,1H3/b7-4+. The van der Waals surface area contributed by atoms with Gasteiger partial charge in [0.1, 0.15) is 0 Å². The Morgan fingerprint density at radius 2 is 2.06 bits per heavy atom. The summed E-state index contributed by atoms with van der Waals surface area (Å²) in [6, 6.07) is 7.28. The number of methoxy groups -OCH3 is 1. The maximum Gasteiger partial charge on any atom is 0.337 e. The van der Waals surface area contributed by atoms with Crippen LogP contribution < -0.4 is 0 Å². The average Bonchev–Trinajstić information content (AvgIpc) is 2.35. The van der Waals surface area contributed by atoms with Gasteiger partial charge in [0, 0.05) is 10.2 Å². The summed E-state index contributed by atoms with van der Waals surface area (Å²) in [6.07, 6.45) is 4.05. The topological polar surface area (TPSA) is 26.3 Å². The van der Waals surface area contributed by atoms with E-state index in [1.165, 1.54) is 7.11 Å². The third kappa shape index (κ3) is 4.10. The predicted molar refractivity (Wildman–Crippen MR) is 73.3 cm³/mol. The Labute approximate surface area is 112 Å². The highest BCUT2D eigenvalue weighted by molar-refractivity contribution is 9.12. The normalized spacial score (nSPS) is 12.7. The Morgan fingerprint density at radius 1 is 1.44 bits per heavy atom. The van der Waals surface area contributed by atoms with E-state index in [1.807, 2.05) is 24.3 Å². The van der Waals surface area contributed by atoms with E-state index in [0.717, 1.165) is 10.9 Å².